The van der Waals surface area contributed by atoms with E-state index in [0.717, 1.165) is 60.7 Å². The molecule has 1 N–H and O–H groups in total. The number of carbonyl (C=O) groups is 1. The summed E-state index contributed by atoms with van der Waals surface area (Å²) in [7, 11) is 1.94. The number of aliphatic hydroxyl groups is 1. The van der Waals surface area contributed by atoms with Gasteiger partial charge in [0.2, 0.25) is 5.91 Å². The monoisotopic (exact) mass is 588 g/mol. The molecule has 218 valence electrons. The molecule has 3 aromatic heterocycles. The van der Waals surface area contributed by atoms with Crippen molar-refractivity contribution in [2.75, 3.05) is 62.7 Å². The Balaban J connectivity index is 1.26. The van der Waals surface area contributed by atoms with Crippen molar-refractivity contribution in [2.45, 2.75) is 26.4 Å². The largest absolute Gasteiger partial charge is 0.389 e. The summed E-state index contributed by atoms with van der Waals surface area (Å²) in [4.78, 5) is 26.0. The highest BCUT2D eigenvalue weighted by Crippen LogP contribution is 2.39. The van der Waals surface area contributed by atoms with Crippen LogP contribution in [0.1, 0.15) is 23.1 Å². The first-order valence-electron chi connectivity index (χ1n) is 14.1. The van der Waals surface area contributed by atoms with E-state index in [0.29, 0.717) is 40.9 Å². The van der Waals surface area contributed by atoms with Crippen molar-refractivity contribution in [2.24, 2.45) is 0 Å². The molecule has 2 aliphatic rings. The average Bonchev–Trinajstić information content (AvgIpc) is 3.57. The molecule has 0 saturated carbocycles. The lowest BCUT2D eigenvalue weighted by Gasteiger charge is -2.40. The molecule has 0 radical (unpaired) electrons. The van der Waals surface area contributed by atoms with Crippen LogP contribution in [0.15, 0.2) is 36.5 Å². The number of pyridine rings is 1. The fourth-order valence-corrected chi connectivity index (χ4v) is 6.54. The predicted molar refractivity (Wildman–Crippen MR) is 161 cm³/mol. The lowest BCUT2D eigenvalue weighted by molar-refractivity contribution is -0.142. The van der Waals surface area contributed by atoms with Gasteiger partial charge in [0.05, 0.1) is 29.5 Å². The summed E-state index contributed by atoms with van der Waals surface area (Å²) in [5.41, 5.74) is 6.27. The Bertz CT molecular complexity index is 1660. The van der Waals surface area contributed by atoms with Gasteiger partial charge < -0.3 is 19.8 Å². The van der Waals surface area contributed by atoms with Crippen molar-refractivity contribution in [3.63, 3.8) is 0 Å². The van der Waals surface area contributed by atoms with Crippen molar-refractivity contribution >= 4 is 39.3 Å². The van der Waals surface area contributed by atoms with Gasteiger partial charge in [-0.05, 0) is 49.2 Å². The van der Waals surface area contributed by atoms with E-state index in [2.05, 4.69) is 42.0 Å². The number of nitrogens with zero attached hydrogens (tertiary/aromatic N) is 8. The lowest BCUT2D eigenvalue weighted by atomic mass is 10.1. The number of thiazole rings is 1. The number of anilines is 3. The van der Waals surface area contributed by atoms with Gasteiger partial charge in [0, 0.05) is 63.8 Å². The number of nitriles is 1. The number of aryl methyl sites for hydroxylation is 2. The van der Waals surface area contributed by atoms with Gasteiger partial charge in [0.25, 0.3) is 0 Å². The first-order chi connectivity index (χ1) is 20.2. The lowest BCUT2D eigenvalue weighted by Crippen LogP contribution is -2.57. The maximum atomic E-state index is 13.5. The number of likely N-dealkylation sites (tertiary alicyclic amines) is 1. The highest BCUT2D eigenvalue weighted by Gasteiger charge is 2.31. The minimum absolute atomic E-state index is 0.0784. The molecular formula is C30H33FN8O2S. The Morgan fingerprint density at radius 2 is 1.93 bits per heavy atom. The fraction of sp³-hybridized carbons (Fsp3) is 0.400. The SMILES string of the molecule is CCc1nn2cc(C)c(N3CCN(CC(=O)N4CC(O)C4)CC3)cc2c1N(C)c1nc(-c2ccc(F)cc2)c(C#N)s1. The molecular weight excluding hydrogens is 555 g/mol. The normalized spacial score (nSPS) is 16.1. The smallest absolute Gasteiger partial charge is 0.236 e. The van der Waals surface area contributed by atoms with Crippen molar-refractivity contribution in [1.82, 2.24) is 24.4 Å². The first-order valence-corrected chi connectivity index (χ1v) is 14.9. The Kier molecular flexibility index (Phi) is 7.57. The van der Waals surface area contributed by atoms with Crippen LogP contribution in [0.2, 0.25) is 0 Å². The van der Waals surface area contributed by atoms with Crippen LogP contribution in [0.3, 0.4) is 0 Å². The third kappa shape index (κ3) is 5.19. The zero-order chi connectivity index (χ0) is 29.5. The summed E-state index contributed by atoms with van der Waals surface area (Å²) in [6, 6.07) is 10.5. The summed E-state index contributed by atoms with van der Waals surface area (Å²) in [5, 5.41) is 24.9. The summed E-state index contributed by atoms with van der Waals surface area (Å²) in [6.07, 6.45) is 2.39. The molecule has 0 spiro atoms. The molecule has 0 atom stereocenters. The number of piperazine rings is 1. The van der Waals surface area contributed by atoms with Crippen LogP contribution in [0, 0.1) is 24.1 Å². The molecule has 2 fully saturated rings. The molecule has 10 nitrogen and oxygen atoms in total. The van der Waals surface area contributed by atoms with Gasteiger partial charge in [-0.2, -0.15) is 10.4 Å². The molecule has 12 heteroatoms. The number of hydrogen-bond donors (Lipinski definition) is 1. The quantitative estimate of drug-likeness (QED) is 0.350. The van der Waals surface area contributed by atoms with Crippen molar-refractivity contribution in [3.05, 3.63) is 58.5 Å². The summed E-state index contributed by atoms with van der Waals surface area (Å²) < 4.78 is 15.4. The minimum atomic E-state index is -0.384. The van der Waals surface area contributed by atoms with Crippen LogP contribution in [0.25, 0.3) is 16.8 Å². The molecule has 42 heavy (non-hydrogen) atoms. The summed E-state index contributed by atoms with van der Waals surface area (Å²) in [6.45, 7) is 8.57. The summed E-state index contributed by atoms with van der Waals surface area (Å²) in [5.74, 6) is -0.258. The maximum absolute atomic E-state index is 13.5. The number of halogens is 1. The van der Waals surface area contributed by atoms with E-state index in [1.807, 2.05) is 16.5 Å². The van der Waals surface area contributed by atoms with E-state index in [4.69, 9.17) is 10.1 Å². The van der Waals surface area contributed by atoms with Crippen LogP contribution in [-0.2, 0) is 11.2 Å². The summed E-state index contributed by atoms with van der Waals surface area (Å²) >= 11 is 1.30. The number of aromatic nitrogens is 3. The van der Waals surface area contributed by atoms with Gasteiger partial charge in [-0.25, -0.2) is 13.9 Å². The number of fused-ring (bicyclic) bond motifs is 1. The zero-order valence-corrected chi connectivity index (χ0v) is 24.7. The number of carbonyl (C=O) groups excluding carboxylic acids is 1. The van der Waals surface area contributed by atoms with Crippen LogP contribution < -0.4 is 9.80 Å². The van der Waals surface area contributed by atoms with Crippen LogP contribution in [0.5, 0.6) is 0 Å². The molecule has 0 bridgehead atoms. The molecule has 1 amide bonds. The molecule has 2 saturated heterocycles. The number of aliphatic hydroxyl groups excluding tert-OH is 1. The third-order valence-corrected chi connectivity index (χ3v) is 9.10. The predicted octanol–water partition coefficient (Wildman–Crippen LogP) is 3.43. The van der Waals surface area contributed by atoms with Crippen LogP contribution in [0.4, 0.5) is 20.9 Å². The van der Waals surface area contributed by atoms with E-state index >= 15 is 0 Å². The molecule has 1 aromatic carbocycles. The fourth-order valence-electron chi connectivity index (χ4n) is 5.68. The van der Waals surface area contributed by atoms with Gasteiger partial charge in [-0.15, -0.1) is 0 Å². The van der Waals surface area contributed by atoms with Gasteiger partial charge in [0.1, 0.15) is 22.5 Å². The topological polar surface area (TPSA) is 104 Å². The van der Waals surface area contributed by atoms with Crippen molar-refractivity contribution in [1.29, 1.82) is 5.26 Å². The van der Waals surface area contributed by atoms with E-state index in [9.17, 15) is 19.6 Å². The van der Waals surface area contributed by atoms with Gasteiger partial charge in [-0.3, -0.25) is 9.69 Å². The number of amides is 1. The highest BCUT2D eigenvalue weighted by atomic mass is 32.1. The maximum Gasteiger partial charge on any atom is 0.236 e. The van der Waals surface area contributed by atoms with E-state index < -0.39 is 0 Å². The number of β-amino-alcohol motifs (C(OH)–C–C–N with tert-alkyl or cyclic N) is 1. The second-order valence-corrected chi connectivity index (χ2v) is 11.9. The van der Waals surface area contributed by atoms with Crippen molar-refractivity contribution in [3.8, 4) is 17.3 Å². The standard InChI is InChI=1S/C30H33FN8O2S/c1-4-23-29(35(3)30-33-28(26(14-32)42-30)20-5-7-21(31)8-6-20)25-13-24(19(2)15-39(25)34-23)37-11-9-36(10-12-37)18-27(41)38-16-22(40)17-38/h5-8,13,15,22,40H,4,9-12,16-18H2,1-3H3. The molecule has 5 heterocycles. The molecule has 4 aromatic rings. The van der Waals surface area contributed by atoms with Gasteiger partial charge >= 0.3 is 0 Å². The highest BCUT2D eigenvalue weighted by molar-refractivity contribution is 7.16. The average molecular weight is 589 g/mol. The van der Waals surface area contributed by atoms with E-state index in [1.165, 1.54) is 23.5 Å². The van der Waals surface area contributed by atoms with Gasteiger partial charge in [0.15, 0.2) is 5.13 Å². The number of hydrogen-bond acceptors (Lipinski definition) is 9. The molecule has 0 aliphatic carbocycles. The molecule has 0 unspecified atom stereocenters. The van der Waals surface area contributed by atoms with Crippen LogP contribution in [-0.4, -0.2) is 94.4 Å². The van der Waals surface area contributed by atoms with E-state index in [-0.39, 0.29) is 17.8 Å². The Morgan fingerprint density at radius 3 is 2.57 bits per heavy atom. The van der Waals surface area contributed by atoms with Gasteiger partial charge in [-0.1, -0.05) is 18.3 Å². The first kappa shape index (κ1) is 28.1. The second kappa shape index (κ2) is 11.3. The Hall–Kier alpha value is -4.05. The van der Waals surface area contributed by atoms with E-state index in [1.54, 1.807) is 17.0 Å². The second-order valence-electron chi connectivity index (χ2n) is 10.9. The number of rotatable bonds is 7. The third-order valence-electron chi connectivity index (χ3n) is 8.06. The Morgan fingerprint density at radius 1 is 1.21 bits per heavy atom. The Labute approximate surface area is 247 Å². The van der Waals surface area contributed by atoms with Crippen molar-refractivity contribution < 1.29 is 14.3 Å². The molecule has 6 rings (SSSR count). The molecule has 2 aliphatic heterocycles. The van der Waals surface area contributed by atoms with Crippen LogP contribution >= 0.6 is 11.3 Å². The minimum Gasteiger partial charge on any atom is -0.389 e. The zero-order valence-electron chi connectivity index (χ0n) is 23.9. The number of benzene rings is 1.